The van der Waals surface area contributed by atoms with Crippen LogP contribution in [0.1, 0.15) is 51.9 Å². The molecule has 0 amide bonds. The molecule has 6 heteroatoms. The van der Waals surface area contributed by atoms with Gasteiger partial charge in [0.25, 0.3) is 0 Å². The summed E-state index contributed by atoms with van der Waals surface area (Å²) < 4.78 is 4.93. The summed E-state index contributed by atoms with van der Waals surface area (Å²) in [5, 5.41) is 38.1. The van der Waals surface area contributed by atoms with Crippen LogP contribution >= 0.6 is 0 Å². The van der Waals surface area contributed by atoms with E-state index in [1.165, 1.54) is 0 Å². The van der Waals surface area contributed by atoms with Gasteiger partial charge in [0.2, 0.25) is 11.4 Å². The summed E-state index contributed by atoms with van der Waals surface area (Å²) >= 11 is 0. The van der Waals surface area contributed by atoms with Crippen LogP contribution in [0.15, 0.2) is 11.5 Å². The van der Waals surface area contributed by atoms with Crippen molar-refractivity contribution in [2.75, 3.05) is 6.61 Å². The summed E-state index contributed by atoms with van der Waals surface area (Å²) in [6, 6.07) is 0. The summed E-state index contributed by atoms with van der Waals surface area (Å²) in [5.74, 6) is -2.64. The van der Waals surface area contributed by atoms with Crippen molar-refractivity contribution in [3.05, 3.63) is 11.5 Å². The van der Waals surface area contributed by atoms with Crippen LogP contribution in [0.25, 0.3) is 0 Å². The summed E-state index contributed by atoms with van der Waals surface area (Å²) in [4.78, 5) is 11.3. The second-order valence-corrected chi connectivity index (χ2v) is 5.19. The monoisotopic (exact) mass is 288 g/mol. The number of aliphatic hydroxyl groups excluding tert-OH is 4. The number of aliphatic hydroxyl groups is 4. The van der Waals surface area contributed by atoms with Crippen LogP contribution in [0.5, 0.6) is 0 Å². The van der Waals surface area contributed by atoms with E-state index in [4.69, 9.17) is 9.84 Å². The first-order valence-corrected chi connectivity index (χ1v) is 7.14. The van der Waals surface area contributed by atoms with E-state index in [-0.39, 0.29) is 6.42 Å². The van der Waals surface area contributed by atoms with Gasteiger partial charge < -0.3 is 25.2 Å². The van der Waals surface area contributed by atoms with Gasteiger partial charge in [0.1, 0.15) is 6.10 Å². The molecule has 0 aliphatic carbocycles. The molecule has 0 radical (unpaired) electrons. The fourth-order valence-corrected chi connectivity index (χ4v) is 2.44. The number of cyclic esters (lactones) is 1. The minimum atomic E-state index is -1.71. The molecule has 20 heavy (non-hydrogen) atoms. The first kappa shape index (κ1) is 16.8. The van der Waals surface area contributed by atoms with E-state index in [9.17, 15) is 20.1 Å². The Morgan fingerprint density at radius 1 is 1.15 bits per heavy atom. The van der Waals surface area contributed by atoms with Crippen molar-refractivity contribution in [3.8, 4) is 0 Å². The molecule has 0 saturated heterocycles. The fourth-order valence-electron chi connectivity index (χ4n) is 2.44. The minimum Gasteiger partial charge on any atom is -0.505 e. The van der Waals surface area contributed by atoms with Crippen LogP contribution in [-0.4, -0.2) is 44.7 Å². The molecule has 2 atom stereocenters. The van der Waals surface area contributed by atoms with Crippen molar-refractivity contribution < 1.29 is 30.0 Å². The van der Waals surface area contributed by atoms with E-state index < -0.39 is 35.8 Å². The normalized spacial score (nSPS) is 24.1. The molecule has 0 saturated carbocycles. The molecular formula is C14H24O6. The molecule has 1 rings (SSSR count). The van der Waals surface area contributed by atoms with Gasteiger partial charge in [-0.2, -0.15) is 0 Å². The molecule has 4 N–H and O–H groups in total. The highest BCUT2D eigenvalue weighted by Gasteiger charge is 2.53. The zero-order valence-corrected chi connectivity index (χ0v) is 11.8. The molecule has 1 aliphatic rings. The fraction of sp³-hybridized carbons (Fsp3) is 0.786. The molecule has 6 nitrogen and oxygen atoms in total. The molecule has 0 aromatic carbocycles. The van der Waals surface area contributed by atoms with E-state index in [2.05, 4.69) is 6.92 Å². The minimum absolute atomic E-state index is 0.169. The number of rotatable bonds is 9. The van der Waals surface area contributed by atoms with Gasteiger partial charge >= 0.3 is 5.97 Å². The van der Waals surface area contributed by atoms with Gasteiger partial charge in [-0.3, -0.25) is 0 Å². The second kappa shape index (κ2) is 7.50. The van der Waals surface area contributed by atoms with E-state index in [1.54, 1.807) is 0 Å². The summed E-state index contributed by atoms with van der Waals surface area (Å²) in [7, 11) is 0. The molecular weight excluding hydrogens is 264 g/mol. The van der Waals surface area contributed by atoms with Gasteiger partial charge in [-0.25, -0.2) is 4.79 Å². The summed E-state index contributed by atoms with van der Waals surface area (Å²) in [6.07, 6.45) is 4.63. The van der Waals surface area contributed by atoms with Crippen molar-refractivity contribution in [1.82, 2.24) is 0 Å². The Morgan fingerprint density at radius 2 is 1.75 bits per heavy atom. The molecule has 0 fully saturated rings. The van der Waals surface area contributed by atoms with E-state index >= 15 is 0 Å². The summed E-state index contributed by atoms with van der Waals surface area (Å²) in [6.45, 7) is 1.46. The van der Waals surface area contributed by atoms with E-state index in [0.29, 0.717) is 6.42 Å². The van der Waals surface area contributed by atoms with Gasteiger partial charge in [0, 0.05) is 0 Å². The maximum Gasteiger partial charge on any atom is 0.378 e. The zero-order valence-electron chi connectivity index (χ0n) is 11.8. The lowest BCUT2D eigenvalue weighted by Gasteiger charge is -2.31. The van der Waals surface area contributed by atoms with Crippen LogP contribution < -0.4 is 0 Å². The van der Waals surface area contributed by atoms with Crippen LogP contribution in [-0.2, 0) is 9.53 Å². The number of unbranched alkanes of at least 4 members (excludes halogenated alkanes) is 5. The number of esters is 1. The van der Waals surface area contributed by atoms with Crippen molar-refractivity contribution >= 4 is 5.97 Å². The molecule has 0 bridgehead atoms. The Balaban J connectivity index is 2.61. The lowest BCUT2D eigenvalue weighted by Crippen LogP contribution is -2.47. The zero-order chi connectivity index (χ0) is 15.2. The lowest BCUT2D eigenvalue weighted by atomic mass is 9.88. The van der Waals surface area contributed by atoms with E-state index in [0.717, 1.165) is 32.1 Å². The number of ether oxygens (including phenoxy) is 1. The van der Waals surface area contributed by atoms with Crippen molar-refractivity contribution in [2.45, 2.75) is 63.6 Å². The van der Waals surface area contributed by atoms with Gasteiger partial charge in [-0.15, -0.1) is 0 Å². The number of carbonyl (C=O) groups excluding carboxylic acids is 1. The number of carbonyl (C=O) groups is 1. The Bertz CT molecular complexity index is 365. The SMILES string of the molecule is CCCCCCCC[C@]1([C@@H](O)CO)OC(=O)C(O)=C1O. The Morgan fingerprint density at radius 3 is 2.25 bits per heavy atom. The van der Waals surface area contributed by atoms with Crippen LogP contribution in [0.3, 0.4) is 0 Å². The summed E-state index contributed by atoms with van der Waals surface area (Å²) in [5.41, 5.74) is -1.71. The van der Waals surface area contributed by atoms with Crippen molar-refractivity contribution in [3.63, 3.8) is 0 Å². The van der Waals surface area contributed by atoms with Crippen molar-refractivity contribution in [2.24, 2.45) is 0 Å². The van der Waals surface area contributed by atoms with Gasteiger partial charge in [-0.05, 0) is 12.8 Å². The molecule has 0 aromatic heterocycles. The standard InChI is InChI=1S/C14H24O6/c1-2-3-4-5-6-7-8-14(10(16)9-15)12(18)11(17)13(19)20-14/h10,15-18H,2-9H2,1H3/t10-,14+/m0/s1. The Hall–Kier alpha value is -1.27. The first-order chi connectivity index (χ1) is 9.49. The van der Waals surface area contributed by atoms with Crippen LogP contribution in [0.2, 0.25) is 0 Å². The quantitative estimate of drug-likeness (QED) is 0.380. The average molecular weight is 288 g/mol. The molecule has 116 valence electrons. The smallest absolute Gasteiger partial charge is 0.378 e. The third kappa shape index (κ3) is 3.43. The highest BCUT2D eigenvalue weighted by molar-refractivity contribution is 5.90. The first-order valence-electron chi connectivity index (χ1n) is 7.14. The van der Waals surface area contributed by atoms with Crippen LogP contribution in [0, 0.1) is 0 Å². The van der Waals surface area contributed by atoms with Crippen molar-refractivity contribution in [1.29, 1.82) is 0 Å². The Labute approximate surface area is 118 Å². The number of hydrogen-bond donors (Lipinski definition) is 4. The van der Waals surface area contributed by atoms with Gasteiger partial charge in [0.05, 0.1) is 6.61 Å². The Kier molecular flexibility index (Phi) is 6.29. The predicted octanol–water partition coefficient (Wildman–Crippen LogP) is 1.71. The molecule has 0 aromatic rings. The van der Waals surface area contributed by atoms with Gasteiger partial charge in [-0.1, -0.05) is 39.0 Å². The van der Waals surface area contributed by atoms with E-state index in [1.807, 2.05) is 0 Å². The third-order valence-corrected chi connectivity index (χ3v) is 3.71. The molecule has 1 aliphatic heterocycles. The van der Waals surface area contributed by atoms with Gasteiger partial charge in [0.15, 0.2) is 5.76 Å². The third-order valence-electron chi connectivity index (χ3n) is 3.71. The maximum atomic E-state index is 11.3. The number of hydrogen-bond acceptors (Lipinski definition) is 6. The average Bonchev–Trinajstić information content (AvgIpc) is 2.67. The molecule has 1 heterocycles. The molecule has 0 unspecified atom stereocenters. The van der Waals surface area contributed by atoms with Crippen LogP contribution in [0.4, 0.5) is 0 Å². The highest BCUT2D eigenvalue weighted by Crippen LogP contribution is 2.37. The lowest BCUT2D eigenvalue weighted by molar-refractivity contribution is -0.165. The topological polar surface area (TPSA) is 107 Å². The highest BCUT2D eigenvalue weighted by atomic mass is 16.6. The predicted molar refractivity (Wildman–Crippen MR) is 72.2 cm³/mol. The molecule has 0 spiro atoms. The maximum absolute atomic E-state index is 11.3. The largest absolute Gasteiger partial charge is 0.505 e. The second-order valence-electron chi connectivity index (χ2n) is 5.19.